The lowest BCUT2D eigenvalue weighted by molar-refractivity contribution is 0.0871. The van der Waals surface area contributed by atoms with Gasteiger partial charge in [-0.2, -0.15) is 5.10 Å². The van der Waals surface area contributed by atoms with Crippen molar-refractivity contribution in [3.8, 4) is 0 Å². The molecule has 126 valence electrons. The molecule has 3 aromatic rings. The van der Waals surface area contributed by atoms with E-state index in [1.807, 2.05) is 7.05 Å². The molecule has 0 aromatic carbocycles. The van der Waals surface area contributed by atoms with Crippen LogP contribution in [0, 0.1) is 0 Å². The van der Waals surface area contributed by atoms with Gasteiger partial charge in [-0.3, -0.25) is 9.48 Å². The highest BCUT2D eigenvalue weighted by Crippen LogP contribution is 2.19. The maximum atomic E-state index is 12.4. The summed E-state index contributed by atoms with van der Waals surface area (Å²) < 4.78 is 1.67. The third-order valence-electron chi connectivity index (χ3n) is 3.45. The fourth-order valence-electron chi connectivity index (χ4n) is 2.17. The second-order valence-electron chi connectivity index (χ2n) is 6.18. The molecule has 9 heteroatoms. The molecule has 0 radical (unpaired) electrons. The van der Waals surface area contributed by atoms with Gasteiger partial charge in [-0.1, -0.05) is 0 Å². The van der Waals surface area contributed by atoms with E-state index in [2.05, 4.69) is 30.7 Å². The summed E-state index contributed by atoms with van der Waals surface area (Å²) in [7, 11) is 1.82. The van der Waals surface area contributed by atoms with Crippen LogP contribution >= 0.6 is 0 Å². The average Bonchev–Trinajstić information content (AvgIpc) is 3.13. The van der Waals surface area contributed by atoms with Gasteiger partial charge >= 0.3 is 0 Å². The number of H-pyrrole nitrogens is 1. The summed E-state index contributed by atoms with van der Waals surface area (Å²) >= 11 is 0. The molecule has 24 heavy (non-hydrogen) atoms. The largest absolute Gasteiger partial charge is 0.394 e. The smallest absolute Gasteiger partial charge is 0.255 e. The molecule has 0 unspecified atom stereocenters. The van der Waals surface area contributed by atoms with Gasteiger partial charge in [-0.15, -0.1) is 0 Å². The molecule has 0 bridgehead atoms. The molecule has 0 atom stereocenters. The van der Waals surface area contributed by atoms with Gasteiger partial charge in [0.25, 0.3) is 5.91 Å². The number of aliphatic hydroxyl groups excluding tert-OH is 1. The van der Waals surface area contributed by atoms with E-state index < -0.39 is 5.54 Å². The number of anilines is 2. The lowest BCUT2D eigenvalue weighted by atomic mass is 10.1. The Morgan fingerprint density at radius 2 is 2.21 bits per heavy atom. The number of hydrogen-bond acceptors (Lipinski definition) is 6. The minimum atomic E-state index is -0.723. The van der Waals surface area contributed by atoms with E-state index in [-0.39, 0.29) is 12.5 Å². The van der Waals surface area contributed by atoms with Crippen LogP contribution in [0.25, 0.3) is 11.2 Å². The molecular formula is C15H19N7O2. The number of hydrogen-bond donors (Lipinski definition) is 4. The van der Waals surface area contributed by atoms with Crippen molar-refractivity contribution in [3.63, 3.8) is 0 Å². The van der Waals surface area contributed by atoms with Gasteiger partial charge in [0, 0.05) is 19.4 Å². The van der Waals surface area contributed by atoms with Crippen LogP contribution in [0.1, 0.15) is 24.2 Å². The summed E-state index contributed by atoms with van der Waals surface area (Å²) in [5, 5.41) is 19.2. The second kappa shape index (κ2) is 5.93. The molecule has 0 aliphatic rings. The number of aryl methyl sites for hydroxylation is 1. The van der Waals surface area contributed by atoms with E-state index in [9.17, 15) is 9.90 Å². The maximum Gasteiger partial charge on any atom is 0.255 e. The fourth-order valence-corrected chi connectivity index (χ4v) is 2.17. The lowest BCUT2D eigenvalue weighted by Gasteiger charge is -2.23. The molecule has 0 saturated heterocycles. The summed E-state index contributed by atoms with van der Waals surface area (Å²) in [6.07, 6.45) is 6.60. The summed E-state index contributed by atoms with van der Waals surface area (Å²) in [6, 6.07) is 0. The lowest BCUT2D eigenvalue weighted by Crippen LogP contribution is -2.46. The number of amides is 1. The topological polar surface area (TPSA) is 121 Å². The number of rotatable bonds is 5. The number of aliphatic hydroxyl groups is 1. The average molecular weight is 329 g/mol. The van der Waals surface area contributed by atoms with Gasteiger partial charge < -0.3 is 20.7 Å². The van der Waals surface area contributed by atoms with Gasteiger partial charge in [0.1, 0.15) is 11.3 Å². The van der Waals surface area contributed by atoms with E-state index in [1.54, 1.807) is 43.3 Å². The van der Waals surface area contributed by atoms with Crippen LogP contribution in [0.2, 0.25) is 0 Å². The van der Waals surface area contributed by atoms with Gasteiger partial charge in [-0.25, -0.2) is 9.97 Å². The summed E-state index contributed by atoms with van der Waals surface area (Å²) in [5.74, 6) is 0.179. The Bertz CT molecular complexity index is 881. The first kappa shape index (κ1) is 15.9. The monoisotopic (exact) mass is 329 g/mol. The van der Waals surface area contributed by atoms with Gasteiger partial charge in [0.15, 0.2) is 5.65 Å². The molecule has 0 aliphatic heterocycles. The molecule has 0 saturated carbocycles. The minimum Gasteiger partial charge on any atom is -0.394 e. The quantitative estimate of drug-likeness (QED) is 0.553. The Hall–Kier alpha value is -2.94. The number of carbonyl (C=O) groups is 1. The number of nitrogens with one attached hydrogen (secondary N) is 3. The van der Waals surface area contributed by atoms with E-state index >= 15 is 0 Å². The van der Waals surface area contributed by atoms with E-state index in [1.165, 1.54) is 0 Å². The molecule has 3 heterocycles. The Kier molecular flexibility index (Phi) is 3.94. The number of nitrogens with zero attached hydrogens (tertiary/aromatic N) is 4. The van der Waals surface area contributed by atoms with Crippen molar-refractivity contribution >= 4 is 28.6 Å². The van der Waals surface area contributed by atoms with Crippen LogP contribution in [0.4, 0.5) is 11.5 Å². The predicted molar refractivity (Wildman–Crippen MR) is 89.0 cm³/mol. The normalized spacial score (nSPS) is 11.7. The Labute approximate surface area is 138 Å². The summed E-state index contributed by atoms with van der Waals surface area (Å²) in [4.78, 5) is 24.1. The van der Waals surface area contributed by atoms with Crippen molar-refractivity contribution in [3.05, 3.63) is 30.4 Å². The molecule has 0 spiro atoms. The second-order valence-corrected chi connectivity index (χ2v) is 6.18. The zero-order valence-corrected chi connectivity index (χ0v) is 13.7. The van der Waals surface area contributed by atoms with Crippen molar-refractivity contribution in [2.24, 2.45) is 7.05 Å². The van der Waals surface area contributed by atoms with Crippen LogP contribution in [0.5, 0.6) is 0 Å². The fraction of sp³-hybridized carbons (Fsp3) is 0.333. The van der Waals surface area contributed by atoms with E-state index in [0.717, 1.165) is 5.69 Å². The third kappa shape index (κ3) is 3.20. The van der Waals surface area contributed by atoms with E-state index in [4.69, 9.17) is 0 Å². The van der Waals surface area contributed by atoms with Crippen LogP contribution in [-0.4, -0.2) is 47.9 Å². The number of carbonyl (C=O) groups excluding carboxylic acids is 1. The Morgan fingerprint density at radius 1 is 1.42 bits per heavy atom. The van der Waals surface area contributed by atoms with E-state index in [0.29, 0.717) is 22.5 Å². The highest BCUT2D eigenvalue weighted by Gasteiger charge is 2.23. The van der Waals surface area contributed by atoms with Crippen LogP contribution in [0.3, 0.4) is 0 Å². The van der Waals surface area contributed by atoms with Crippen molar-refractivity contribution in [1.29, 1.82) is 0 Å². The minimum absolute atomic E-state index is 0.166. The molecule has 0 aliphatic carbocycles. The van der Waals surface area contributed by atoms with Crippen LogP contribution in [-0.2, 0) is 7.05 Å². The molecule has 3 rings (SSSR count). The highest BCUT2D eigenvalue weighted by atomic mass is 16.3. The standard InChI is InChI=1S/C15H19N7O2/c1-15(2,8-23)21-14(24)10-5-16-13-12(10)20-11(6-17-13)19-9-4-18-22(3)7-9/h4-7,23H,8H2,1-3H3,(H,16,17)(H,19,20)(H,21,24). The Morgan fingerprint density at radius 3 is 2.88 bits per heavy atom. The Balaban J connectivity index is 1.90. The summed E-state index contributed by atoms with van der Waals surface area (Å²) in [6.45, 7) is 3.31. The number of aromatic amines is 1. The zero-order valence-electron chi connectivity index (χ0n) is 13.7. The number of aromatic nitrogens is 5. The van der Waals surface area contributed by atoms with Gasteiger partial charge in [-0.05, 0) is 13.8 Å². The van der Waals surface area contributed by atoms with Gasteiger partial charge in [0.05, 0.1) is 35.8 Å². The SMILES string of the molecule is Cn1cc(Nc2cnc3[nH]cc(C(=O)NC(C)(C)CO)c3n2)cn1. The third-order valence-corrected chi connectivity index (χ3v) is 3.45. The molecule has 4 N–H and O–H groups in total. The van der Waals surface area contributed by atoms with Crippen molar-refractivity contribution in [2.45, 2.75) is 19.4 Å². The molecule has 9 nitrogen and oxygen atoms in total. The maximum absolute atomic E-state index is 12.4. The summed E-state index contributed by atoms with van der Waals surface area (Å²) in [5.41, 5.74) is 1.39. The first-order valence-electron chi connectivity index (χ1n) is 7.41. The number of fused-ring (bicyclic) bond motifs is 1. The van der Waals surface area contributed by atoms with Crippen LogP contribution < -0.4 is 10.6 Å². The van der Waals surface area contributed by atoms with Crippen LogP contribution in [0.15, 0.2) is 24.8 Å². The highest BCUT2D eigenvalue weighted by molar-refractivity contribution is 6.05. The zero-order chi connectivity index (χ0) is 17.3. The van der Waals surface area contributed by atoms with Crippen molar-refractivity contribution < 1.29 is 9.90 Å². The van der Waals surface area contributed by atoms with Crippen molar-refractivity contribution in [2.75, 3.05) is 11.9 Å². The molecule has 1 amide bonds. The first-order chi connectivity index (χ1) is 11.4. The molecular weight excluding hydrogens is 310 g/mol. The molecule has 3 aromatic heterocycles. The molecule has 0 fully saturated rings. The van der Waals surface area contributed by atoms with Gasteiger partial charge in [0.2, 0.25) is 0 Å². The van der Waals surface area contributed by atoms with Crippen molar-refractivity contribution in [1.82, 2.24) is 30.0 Å². The predicted octanol–water partition coefficient (Wildman–Crippen LogP) is 0.936. The first-order valence-corrected chi connectivity index (χ1v) is 7.41.